The lowest BCUT2D eigenvalue weighted by Gasteiger charge is -2.24. The van der Waals surface area contributed by atoms with Gasteiger partial charge in [-0.1, -0.05) is 0 Å². The number of nitrogen functional groups attached to an aromatic ring is 1. The maximum Gasteiger partial charge on any atom is 0.453 e. The third-order valence-electron chi connectivity index (χ3n) is 6.70. The molecular weight excluding hydrogens is 519 g/mol. The predicted octanol–water partition coefficient (Wildman–Crippen LogP) is 2.48. The minimum atomic E-state index is -5.70. The number of nitrogens with zero attached hydrogens (tertiary/aromatic N) is 7. The van der Waals surface area contributed by atoms with Crippen molar-refractivity contribution in [3.05, 3.63) is 29.4 Å². The zero-order chi connectivity index (χ0) is 27.0. The van der Waals surface area contributed by atoms with E-state index in [-0.39, 0.29) is 58.7 Å². The molecule has 1 aliphatic carbocycles. The Morgan fingerprint density at radius 1 is 1.21 bits per heavy atom. The summed E-state index contributed by atoms with van der Waals surface area (Å²) in [5.74, 6) is -4.85. The van der Waals surface area contributed by atoms with Crippen LogP contribution in [0.3, 0.4) is 0 Å². The van der Waals surface area contributed by atoms with Crippen molar-refractivity contribution in [3.63, 3.8) is 0 Å². The monoisotopic (exact) mass is 538 g/mol. The first-order valence-electron chi connectivity index (χ1n) is 11.5. The Morgan fingerprint density at radius 3 is 2.68 bits per heavy atom. The summed E-state index contributed by atoms with van der Waals surface area (Å²) >= 11 is 0. The van der Waals surface area contributed by atoms with E-state index in [2.05, 4.69) is 40.9 Å². The van der Waals surface area contributed by atoms with E-state index < -0.39 is 36.3 Å². The number of nitrogens with two attached hydrogens (primary N) is 1. The van der Waals surface area contributed by atoms with Crippen LogP contribution in [0.15, 0.2) is 20.6 Å². The average molecular weight is 538 g/mol. The standard InChI is InChI=1S/C21H19F5N10O2/c1-19(18-35-34-16(38-18)8-2-3-8)11-12(27)31-13(32-14(11)33-17(19)37)10-6-36-15(28-7-29-36)9(30-10)4-5-20(22,23)21(24,25)26/h6,8,29H,2-5,7H2,1H3,(H3,27,31,32,33,37). The Balaban J connectivity index is 1.34. The summed E-state index contributed by atoms with van der Waals surface area (Å²) in [6.45, 7) is 1.61. The first-order valence-corrected chi connectivity index (χ1v) is 11.5. The molecule has 1 atom stereocenters. The Morgan fingerprint density at radius 2 is 1.97 bits per heavy atom. The van der Waals surface area contributed by atoms with Crippen molar-refractivity contribution in [3.8, 4) is 0 Å². The molecule has 1 amide bonds. The SMILES string of the molecule is CC1(c2nnc(C3CC3)o2)C(=O)Nc2nc(C3=CN4NCN=C4C(CCC(F)(F)C(F)(F)F)=N3)nc(N)c21. The number of carbonyl (C=O) groups excluding carboxylic acids is 1. The molecule has 3 aliphatic heterocycles. The smallest absolute Gasteiger partial charge is 0.423 e. The van der Waals surface area contributed by atoms with Gasteiger partial charge in [0.15, 0.2) is 17.1 Å². The number of fused-ring (bicyclic) bond motifs is 2. The topological polar surface area (TPSA) is 160 Å². The second kappa shape index (κ2) is 7.99. The van der Waals surface area contributed by atoms with Gasteiger partial charge in [-0.15, -0.1) is 10.2 Å². The fraction of sp³-hybridized carbons (Fsp3) is 0.476. The molecule has 17 heteroatoms. The lowest BCUT2D eigenvalue weighted by Crippen LogP contribution is -2.41. The number of amidine groups is 1. The van der Waals surface area contributed by atoms with Crippen LogP contribution in [0.1, 0.15) is 61.7 Å². The Bertz CT molecular complexity index is 1440. The van der Waals surface area contributed by atoms with Crippen LogP contribution in [0.2, 0.25) is 0 Å². The second-order valence-corrected chi connectivity index (χ2v) is 9.40. The number of hydrogen-bond acceptors (Lipinski definition) is 11. The van der Waals surface area contributed by atoms with Crippen molar-refractivity contribution in [1.82, 2.24) is 30.6 Å². The van der Waals surface area contributed by atoms with Gasteiger partial charge in [0.25, 0.3) is 0 Å². The van der Waals surface area contributed by atoms with Crippen LogP contribution in [0.25, 0.3) is 5.70 Å². The molecule has 1 unspecified atom stereocenters. The Kier molecular flexibility index (Phi) is 5.11. The summed E-state index contributed by atoms with van der Waals surface area (Å²) in [5.41, 5.74) is 7.71. The molecule has 4 aliphatic rings. The molecule has 0 saturated heterocycles. The van der Waals surface area contributed by atoms with E-state index in [0.717, 1.165) is 12.8 Å². The molecular formula is C21H19F5N10O2. The van der Waals surface area contributed by atoms with Gasteiger partial charge >= 0.3 is 12.1 Å². The maximum absolute atomic E-state index is 13.6. The van der Waals surface area contributed by atoms with Crippen molar-refractivity contribution in [2.75, 3.05) is 17.7 Å². The van der Waals surface area contributed by atoms with E-state index in [0.29, 0.717) is 5.89 Å². The van der Waals surface area contributed by atoms with Gasteiger partial charge in [0.05, 0.1) is 17.5 Å². The summed E-state index contributed by atoms with van der Waals surface area (Å²) in [7, 11) is 0. The molecule has 200 valence electrons. The van der Waals surface area contributed by atoms with Gasteiger partial charge in [-0.3, -0.25) is 9.80 Å². The number of aromatic nitrogens is 4. The summed E-state index contributed by atoms with van der Waals surface area (Å²) in [5, 5.41) is 12.0. The summed E-state index contributed by atoms with van der Waals surface area (Å²) in [6, 6.07) is 0. The number of rotatable bonds is 6. The highest BCUT2D eigenvalue weighted by Crippen LogP contribution is 2.46. The summed E-state index contributed by atoms with van der Waals surface area (Å²) in [6.07, 6.45) is -4.72. The third-order valence-corrected chi connectivity index (χ3v) is 6.70. The van der Waals surface area contributed by atoms with E-state index in [4.69, 9.17) is 10.2 Å². The van der Waals surface area contributed by atoms with Crippen LogP contribution in [-0.2, 0) is 10.2 Å². The first-order chi connectivity index (χ1) is 17.9. The van der Waals surface area contributed by atoms with E-state index in [1.165, 1.54) is 11.2 Å². The minimum Gasteiger partial charge on any atom is -0.423 e. The number of amides is 1. The van der Waals surface area contributed by atoms with Crippen molar-refractivity contribution in [1.29, 1.82) is 0 Å². The zero-order valence-corrected chi connectivity index (χ0v) is 19.6. The number of carbonyl (C=O) groups is 1. The molecule has 0 radical (unpaired) electrons. The van der Waals surface area contributed by atoms with Crippen LogP contribution >= 0.6 is 0 Å². The van der Waals surface area contributed by atoms with Crippen LogP contribution in [0.5, 0.6) is 0 Å². The molecule has 1 saturated carbocycles. The van der Waals surface area contributed by atoms with Crippen LogP contribution in [0.4, 0.5) is 33.6 Å². The van der Waals surface area contributed by atoms with Gasteiger partial charge in [0, 0.05) is 12.3 Å². The molecule has 2 aromatic heterocycles. The van der Waals surface area contributed by atoms with Crippen molar-refractivity contribution in [2.45, 2.75) is 56.0 Å². The van der Waals surface area contributed by atoms with Crippen LogP contribution < -0.4 is 16.5 Å². The molecule has 0 spiro atoms. The summed E-state index contributed by atoms with van der Waals surface area (Å²) in [4.78, 5) is 30.0. The van der Waals surface area contributed by atoms with Gasteiger partial charge < -0.3 is 15.5 Å². The molecule has 38 heavy (non-hydrogen) atoms. The number of hydrazine groups is 1. The molecule has 6 rings (SSSR count). The van der Waals surface area contributed by atoms with E-state index in [1.54, 1.807) is 6.92 Å². The van der Waals surface area contributed by atoms with Crippen molar-refractivity contribution >= 4 is 34.8 Å². The first kappa shape index (κ1) is 24.3. The molecule has 1 fully saturated rings. The number of alkyl halides is 5. The Labute approximate surface area is 210 Å². The zero-order valence-electron chi connectivity index (χ0n) is 19.6. The quantitative estimate of drug-likeness (QED) is 0.470. The highest BCUT2D eigenvalue weighted by molar-refractivity contribution is 6.43. The summed E-state index contributed by atoms with van der Waals surface area (Å²) < 4.78 is 71.0. The molecule has 0 aromatic carbocycles. The molecule has 5 heterocycles. The fourth-order valence-electron chi connectivity index (χ4n) is 4.37. The highest BCUT2D eigenvalue weighted by atomic mass is 19.4. The maximum atomic E-state index is 13.6. The number of hydrogen-bond donors (Lipinski definition) is 3. The lowest BCUT2D eigenvalue weighted by atomic mass is 9.84. The fourth-order valence-corrected chi connectivity index (χ4v) is 4.37. The van der Waals surface area contributed by atoms with Gasteiger partial charge in [0.1, 0.15) is 24.0 Å². The van der Waals surface area contributed by atoms with Gasteiger partial charge in [0.2, 0.25) is 17.7 Å². The van der Waals surface area contributed by atoms with Gasteiger partial charge in [-0.25, -0.2) is 25.4 Å². The average Bonchev–Trinajstić information content (AvgIpc) is 3.26. The Hall–Kier alpha value is -4.02. The van der Waals surface area contributed by atoms with E-state index in [9.17, 15) is 26.7 Å². The van der Waals surface area contributed by atoms with Gasteiger partial charge in [-0.2, -0.15) is 22.0 Å². The molecule has 2 aromatic rings. The molecule has 12 nitrogen and oxygen atoms in total. The lowest BCUT2D eigenvalue weighted by molar-refractivity contribution is -0.283. The van der Waals surface area contributed by atoms with Crippen LogP contribution in [-0.4, -0.2) is 61.4 Å². The second-order valence-electron chi connectivity index (χ2n) is 9.40. The predicted molar refractivity (Wildman–Crippen MR) is 121 cm³/mol. The third kappa shape index (κ3) is 3.71. The van der Waals surface area contributed by atoms with Crippen molar-refractivity contribution < 1.29 is 31.2 Å². The number of nitrogens with one attached hydrogen (secondary N) is 2. The van der Waals surface area contributed by atoms with Crippen LogP contribution in [0, 0.1) is 0 Å². The van der Waals surface area contributed by atoms with E-state index >= 15 is 0 Å². The number of aliphatic imine (C=N–C) groups is 2. The van der Waals surface area contributed by atoms with Crippen molar-refractivity contribution in [2.24, 2.45) is 9.98 Å². The minimum absolute atomic E-state index is 0.00911. The van der Waals surface area contributed by atoms with E-state index in [1.807, 2.05) is 0 Å². The molecule has 0 bridgehead atoms. The largest absolute Gasteiger partial charge is 0.453 e. The highest BCUT2D eigenvalue weighted by Gasteiger charge is 2.57. The number of halogens is 5. The number of anilines is 2. The molecule has 4 N–H and O–H groups in total. The van der Waals surface area contributed by atoms with Gasteiger partial charge in [-0.05, 0) is 26.2 Å². The normalized spacial score (nSPS) is 23.1.